The predicted octanol–water partition coefficient (Wildman–Crippen LogP) is 1.71. The van der Waals surface area contributed by atoms with Crippen LogP contribution in [0, 0.1) is 6.92 Å². The van der Waals surface area contributed by atoms with Gasteiger partial charge in [0, 0.05) is 0 Å². The lowest BCUT2D eigenvalue weighted by Crippen LogP contribution is -1.96. The van der Waals surface area contributed by atoms with E-state index in [2.05, 4.69) is 10.3 Å². The smallest absolute Gasteiger partial charge is 0.135 e. The minimum atomic E-state index is 0.0935. The first-order valence-corrected chi connectivity index (χ1v) is 5.13. The van der Waals surface area contributed by atoms with Crippen LogP contribution >= 0.6 is 0 Å². The van der Waals surface area contributed by atoms with Gasteiger partial charge >= 0.3 is 0 Å². The van der Waals surface area contributed by atoms with E-state index in [1.807, 2.05) is 31.2 Å². The standard InChI is InChI=1S/C12H13N3O/c1-9-3-5-12(6-4-9)15-8-11(13-14-15)7-10(2)16/h3-6,8H,7H2,1-2H3. The van der Waals surface area contributed by atoms with Crippen molar-refractivity contribution >= 4 is 5.78 Å². The topological polar surface area (TPSA) is 47.8 Å². The quantitative estimate of drug-likeness (QED) is 0.783. The average Bonchev–Trinajstić information content (AvgIpc) is 2.66. The lowest BCUT2D eigenvalue weighted by atomic mass is 10.2. The van der Waals surface area contributed by atoms with Crippen molar-refractivity contribution in [3.8, 4) is 5.69 Å². The van der Waals surface area contributed by atoms with Gasteiger partial charge in [0.05, 0.1) is 24.0 Å². The molecule has 0 atom stereocenters. The molecule has 16 heavy (non-hydrogen) atoms. The maximum Gasteiger partial charge on any atom is 0.135 e. The van der Waals surface area contributed by atoms with Gasteiger partial charge in [0.1, 0.15) is 5.78 Å². The Labute approximate surface area is 93.9 Å². The number of aromatic nitrogens is 3. The Morgan fingerprint density at radius 3 is 2.62 bits per heavy atom. The van der Waals surface area contributed by atoms with Crippen molar-refractivity contribution in [2.24, 2.45) is 0 Å². The average molecular weight is 215 g/mol. The number of nitrogens with zero attached hydrogens (tertiary/aromatic N) is 3. The zero-order valence-electron chi connectivity index (χ0n) is 9.34. The summed E-state index contributed by atoms with van der Waals surface area (Å²) in [5, 5.41) is 7.93. The Morgan fingerprint density at radius 2 is 2.00 bits per heavy atom. The number of rotatable bonds is 3. The van der Waals surface area contributed by atoms with E-state index in [9.17, 15) is 4.79 Å². The molecule has 1 heterocycles. The number of carbonyl (C=O) groups is 1. The molecule has 1 aromatic heterocycles. The highest BCUT2D eigenvalue weighted by Crippen LogP contribution is 2.08. The minimum absolute atomic E-state index is 0.0935. The van der Waals surface area contributed by atoms with Crippen LogP contribution in [0.3, 0.4) is 0 Å². The molecule has 0 aliphatic heterocycles. The number of hydrogen-bond donors (Lipinski definition) is 0. The molecule has 2 rings (SSSR count). The number of carbonyl (C=O) groups excluding carboxylic acids is 1. The molecular formula is C12H13N3O. The maximum atomic E-state index is 10.9. The second-order valence-corrected chi connectivity index (χ2v) is 3.87. The summed E-state index contributed by atoms with van der Waals surface area (Å²) < 4.78 is 1.68. The normalized spacial score (nSPS) is 10.4. The molecule has 0 saturated carbocycles. The molecule has 0 saturated heterocycles. The van der Waals surface area contributed by atoms with Crippen LogP contribution in [0.15, 0.2) is 30.5 Å². The molecule has 0 aliphatic carbocycles. The SMILES string of the molecule is CC(=O)Cc1cn(-c2ccc(C)cc2)nn1. The van der Waals surface area contributed by atoms with E-state index in [1.54, 1.807) is 17.8 Å². The summed E-state index contributed by atoms with van der Waals surface area (Å²) in [6, 6.07) is 7.98. The van der Waals surface area contributed by atoms with Crippen LogP contribution in [-0.4, -0.2) is 20.8 Å². The summed E-state index contributed by atoms with van der Waals surface area (Å²) >= 11 is 0. The summed E-state index contributed by atoms with van der Waals surface area (Å²) in [5.41, 5.74) is 2.86. The monoisotopic (exact) mass is 215 g/mol. The van der Waals surface area contributed by atoms with Crippen LogP contribution in [0.5, 0.6) is 0 Å². The van der Waals surface area contributed by atoms with E-state index in [0.29, 0.717) is 12.1 Å². The van der Waals surface area contributed by atoms with Crippen molar-refractivity contribution in [1.82, 2.24) is 15.0 Å². The third-order valence-electron chi connectivity index (χ3n) is 2.27. The van der Waals surface area contributed by atoms with E-state index in [0.717, 1.165) is 5.69 Å². The van der Waals surface area contributed by atoms with Crippen LogP contribution in [0.4, 0.5) is 0 Å². The van der Waals surface area contributed by atoms with Gasteiger partial charge in [0.15, 0.2) is 0 Å². The fraction of sp³-hybridized carbons (Fsp3) is 0.250. The van der Waals surface area contributed by atoms with Crippen molar-refractivity contribution in [3.63, 3.8) is 0 Å². The minimum Gasteiger partial charge on any atom is -0.300 e. The van der Waals surface area contributed by atoms with Crippen molar-refractivity contribution < 1.29 is 4.79 Å². The number of benzene rings is 1. The molecule has 0 aliphatic rings. The Hall–Kier alpha value is -1.97. The number of ketones is 1. The molecule has 4 heteroatoms. The van der Waals surface area contributed by atoms with Gasteiger partial charge in [-0.1, -0.05) is 22.9 Å². The second kappa shape index (κ2) is 4.26. The van der Waals surface area contributed by atoms with Crippen molar-refractivity contribution in [1.29, 1.82) is 0 Å². The molecule has 1 aromatic carbocycles. The summed E-state index contributed by atoms with van der Waals surface area (Å²) in [6.07, 6.45) is 2.12. The van der Waals surface area contributed by atoms with Crippen LogP contribution in [0.1, 0.15) is 18.2 Å². The van der Waals surface area contributed by atoms with Gasteiger partial charge in [-0.3, -0.25) is 4.79 Å². The van der Waals surface area contributed by atoms with Gasteiger partial charge in [0.25, 0.3) is 0 Å². The van der Waals surface area contributed by atoms with E-state index in [-0.39, 0.29) is 5.78 Å². The van der Waals surface area contributed by atoms with Gasteiger partial charge < -0.3 is 0 Å². The lowest BCUT2D eigenvalue weighted by Gasteiger charge is -1.99. The first-order chi connectivity index (χ1) is 7.65. The largest absolute Gasteiger partial charge is 0.300 e. The number of Topliss-reactive ketones (excluding diaryl/α,β-unsaturated/α-hetero) is 1. The third-order valence-corrected chi connectivity index (χ3v) is 2.27. The Kier molecular flexibility index (Phi) is 2.81. The van der Waals surface area contributed by atoms with Crippen LogP contribution in [-0.2, 0) is 11.2 Å². The highest BCUT2D eigenvalue weighted by molar-refractivity contribution is 5.77. The van der Waals surface area contributed by atoms with Gasteiger partial charge in [-0.05, 0) is 26.0 Å². The predicted molar refractivity (Wildman–Crippen MR) is 60.5 cm³/mol. The molecule has 2 aromatic rings. The molecule has 0 fully saturated rings. The van der Waals surface area contributed by atoms with Gasteiger partial charge in [0.2, 0.25) is 0 Å². The summed E-state index contributed by atoms with van der Waals surface area (Å²) in [6.45, 7) is 3.58. The van der Waals surface area contributed by atoms with Crippen molar-refractivity contribution in [3.05, 3.63) is 41.7 Å². The van der Waals surface area contributed by atoms with Crippen LogP contribution in [0.25, 0.3) is 5.69 Å². The molecule has 4 nitrogen and oxygen atoms in total. The van der Waals surface area contributed by atoms with Crippen LogP contribution < -0.4 is 0 Å². The number of aryl methyl sites for hydroxylation is 1. The first-order valence-electron chi connectivity index (χ1n) is 5.13. The second-order valence-electron chi connectivity index (χ2n) is 3.87. The highest BCUT2D eigenvalue weighted by Gasteiger charge is 2.04. The van der Waals surface area contributed by atoms with Crippen LogP contribution in [0.2, 0.25) is 0 Å². The van der Waals surface area contributed by atoms with E-state index in [4.69, 9.17) is 0 Å². The molecule has 0 bridgehead atoms. The van der Waals surface area contributed by atoms with Crippen molar-refractivity contribution in [2.75, 3.05) is 0 Å². The summed E-state index contributed by atoms with van der Waals surface area (Å²) in [7, 11) is 0. The summed E-state index contributed by atoms with van der Waals surface area (Å²) in [5.74, 6) is 0.0935. The maximum absolute atomic E-state index is 10.9. The van der Waals surface area contributed by atoms with Gasteiger partial charge in [-0.2, -0.15) is 0 Å². The van der Waals surface area contributed by atoms with Crippen molar-refractivity contribution in [2.45, 2.75) is 20.3 Å². The first kappa shape index (κ1) is 10.5. The Balaban J connectivity index is 2.24. The van der Waals surface area contributed by atoms with E-state index in [1.165, 1.54) is 5.56 Å². The molecule has 82 valence electrons. The molecular weight excluding hydrogens is 202 g/mol. The lowest BCUT2D eigenvalue weighted by molar-refractivity contribution is -0.116. The highest BCUT2D eigenvalue weighted by atomic mass is 16.1. The zero-order valence-corrected chi connectivity index (χ0v) is 9.34. The van der Waals surface area contributed by atoms with E-state index >= 15 is 0 Å². The molecule has 0 spiro atoms. The Morgan fingerprint density at radius 1 is 1.31 bits per heavy atom. The fourth-order valence-electron chi connectivity index (χ4n) is 1.46. The molecule has 0 N–H and O–H groups in total. The van der Waals surface area contributed by atoms with Gasteiger partial charge in [-0.25, -0.2) is 4.68 Å². The van der Waals surface area contributed by atoms with Gasteiger partial charge in [-0.15, -0.1) is 5.10 Å². The third kappa shape index (κ3) is 2.34. The molecule has 0 amide bonds. The summed E-state index contributed by atoms with van der Waals surface area (Å²) in [4.78, 5) is 10.9. The number of hydrogen-bond acceptors (Lipinski definition) is 3. The Bertz CT molecular complexity index is 499. The fourth-order valence-corrected chi connectivity index (χ4v) is 1.46. The molecule has 0 unspecified atom stereocenters. The van der Waals surface area contributed by atoms with E-state index < -0.39 is 0 Å². The zero-order chi connectivity index (χ0) is 11.5. The molecule has 0 radical (unpaired) electrons.